The van der Waals surface area contributed by atoms with Gasteiger partial charge in [0.2, 0.25) is 11.8 Å². The van der Waals surface area contributed by atoms with Gasteiger partial charge in [0.25, 0.3) is 0 Å². The minimum absolute atomic E-state index is 0.0160. The van der Waals surface area contributed by atoms with Crippen molar-refractivity contribution in [3.05, 3.63) is 23.2 Å². The first-order valence-electron chi connectivity index (χ1n) is 7.26. The van der Waals surface area contributed by atoms with Crippen LogP contribution in [0.5, 0.6) is 0 Å². The highest BCUT2D eigenvalue weighted by Gasteiger charge is 2.44. The molecule has 1 aromatic heterocycles. The Bertz CT molecular complexity index is 579. The third-order valence-corrected chi connectivity index (χ3v) is 4.38. The van der Waals surface area contributed by atoms with Crippen LogP contribution in [0, 0.1) is 19.8 Å². The molecule has 1 aromatic rings. The Morgan fingerprint density at radius 3 is 2.45 bits per heavy atom. The molecule has 0 bridgehead atoms. The fourth-order valence-corrected chi connectivity index (χ4v) is 3.05. The molecule has 7 heteroatoms. The first kappa shape index (κ1) is 15.2. The Kier molecular flexibility index (Phi) is 4.03. The number of ether oxygens (including phenoxy) is 2. The summed E-state index contributed by atoms with van der Waals surface area (Å²) in [5, 5.41) is 12.8. The molecular weight excluding hydrogens is 290 g/mol. The van der Waals surface area contributed by atoms with Crippen molar-refractivity contribution in [3.8, 4) is 0 Å². The second kappa shape index (κ2) is 5.83. The zero-order valence-corrected chi connectivity index (χ0v) is 12.5. The molecule has 2 saturated heterocycles. The summed E-state index contributed by atoms with van der Waals surface area (Å²) in [5.41, 5.74) is 1.89. The number of aryl methyl sites for hydroxylation is 1. The zero-order chi connectivity index (χ0) is 15.9. The van der Waals surface area contributed by atoms with E-state index >= 15 is 0 Å². The van der Waals surface area contributed by atoms with E-state index in [1.165, 1.54) is 0 Å². The van der Waals surface area contributed by atoms with E-state index < -0.39 is 18.3 Å². The first-order chi connectivity index (χ1) is 10.5. The number of piperidine rings is 1. The number of aliphatic hydroxyl groups excluding tert-OH is 1. The molecule has 0 aliphatic carbocycles. The quantitative estimate of drug-likeness (QED) is 0.781. The molecule has 2 amide bonds. The van der Waals surface area contributed by atoms with Crippen LogP contribution in [0.4, 0.5) is 0 Å². The highest BCUT2D eigenvalue weighted by atomic mass is 16.7. The molecule has 3 heterocycles. The number of aliphatic hydroxyl groups is 1. The van der Waals surface area contributed by atoms with Gasteiger partial charge in [-0.1, -0.05) is 0 Å². The molecule has 120 valence electrons. The fourth-order valence-electron chi connectivity index (χ4n) is 3.05. The molecule has 7 nitrogen and oxygen atoms in total. The van der Waals surface area contributed by atoms with E-state index in [4.69, 9.17) is 13.9 Å². The molecule has 0 aromatic carbocycles. The van der Waals surface area contributed by atoms with Crippen LogP contribution in [0.15, 0.2) is 10.7 Å². The molecule has 2 N–H and O–H groups in total. The molecule has 3 rings (SSSR count). The van der Waals surface area contributed by atoms with Crippen molar-refractivity contribution in [2.45, 2.75) is 45.0 Å². The van der Waals surface area contributed by atoms with Gasteiger partial charge in [-0.3, -0.25) is 14.9 Å². The molecular formula is C15H19NO6. The Labute approximate surface area is 127 Å². The number of imide groups is 1. The number of hydrogen-bond donors (Lipinski definition) is 2. The fraction of sp³-hybridized carbons (Fsp3) is 0.600. The summed E-state index contributed by atoms with van der Waals surface area (Å²) >= 11 is 0. The lowest BCUT2D eigenvalue weighted by Crippen LogP contribution is -2.50. The van der Waals surface area contributed by atoms with Crippen molar-refractivity contribution < 1.29 is 28.6 Å². The van der Waals surface area contributed by atoms with Crippen molar-refractivity contribution in [1.29, 1.82) is 0 Å². The highest BCUT2D eigenvalue weighted by Crippen LogP contribution is 2.36. The van der Waals surface area contributed by atoms with Gasteiger partial charge in [-0.05, 0) is 25.0 Å². The maximum Gasteiger partial charge on any atom is 0.226 e. The SMILES string of the molecule is Cc1coc(C2OCOC(C3CC(=O)NC(=O)C3)C2O)c1C. The summed E-state index contributed by atoms with van der Waals surface area (Å²) in [4.78, 5) is 23.0. The van der Waals surface area contributed by atoms with E-state index in [0.29, 0.717) is 5.76 Å². The molecule has 22 heavy (non-hydrogen) atoms. The second-order valence-electron chi connectivity index (χ2n) is 5.87. The number of furan rings is 1. The van der Waals surface area contributed by atoms with E-state index in [1.54, 1.807) is 6.26 Å². The summed E-state index contributed by atoms with van der Waals surface area (Å²) in [5.74, 6) is -0.487. The molecule has 2 aliphatic rings. The lowest BCUT2D eigenvalue weighted by Gasteiger charge is -2.39. The van der Waals surface area contributed by atoms with E-state index in [2.05, 4.69) is 5.32 Å². The van der Waals surface area contributed by atoms with Crippen LogP contribution in [-0.2, 0) is 19.1 Å². The summed E-state index contributed by atoms with van der Waals surface area (Å²) in [6.07, 6.45) is -0.386. The Balaban J connectivity index is 1.80. The largest absolute Gasteiger partial charge is 0.466 e. The highest BCUT2D eigenvalue weighted by molar-refractivity contribution is 5.97. The monoisotopic (exact) mass is 309 g/mol. The van der Waals surface area contributed by atoms with Crippen LogP contribution in [0.2, 0.25) is 0 Å². The van der Waals surface area contributed by atoms with Crippen LogP contribution in [0.25, 0.3) is 0 Å². The molecule has 2 fully saturated rings. The zero-order valence-electron chi connectivity index (χ0n) is 12.5. The van der Waals surface area contributed by atoms with Crippen molar-refractivity contribution in [3.63, 3.8) is 0 Å². The second-order valence-corrected chi connectivity index (χ2v) is 5.87. The van der Waals surface area contributed by atoms with Gasteiger partial charge in [0.05, 0.1) is 12.4 Å². The van der Waals surface area contributed by atoms with Gasteiger partial charge in [0.1, 0.15) is 24.8 Å². The Morgan fingerprint density at radius 1 is 1.18 bits per heavy atom. The number of nitrogens with one attached hydrogen (secondary N) is 1. The van der Waals surface area contributed by atoms with E-state index in [1.807, 2.05) is 13.8 Å². The van der Waals surface area contributed by atoms with Gasteiger partial charge in [-0.15, -0.1) is 0 Å². The van der Waals surface area contributed by atoms with Crippen molar-refractivity contribution in [2.24, 2.45) is 5.92 Å². The molecule has 2 aliphatic heterocycles. The minimum Gasteiger partial charge on any atom is -0.466 e. The van der Waals surface area contributed by atoms with Crippen LogP contribution in [0.1, 0.15) is 35.8 Å². The van der Waals surface area contributed by atoms with Crippen molar-refractivity contribution >= 4 is 11.8 Å². The van der Waals surface area contributed by atoms with Crippen molar-refractivity contribution in [2.75, 3.05) is 6.79 Å². The summed E-state index contributed by atoms with van der Waals surface area (Å²) in [6.45, 7) is 3.79. The Hall–Kier alpha value is -1.70. The predicted octanol–water partition coefficient (Wildman–Crippen LogP) is 0.724. The number of amides is 2. The van der Waals surface area contributed by atoms with Gasteiger partial charge in [0.15, 0.2) is 0 Å². The lowest BCUT2D eigenvalue weighted by atomic mass is 9.85. The number of carbonyl (C=O) groups is 2. The Morgan fingerprint density at radius 2 is 1.86 bits per heavy atom. The third kappa shape index (κ3) is 2.67. The predicted molar refractivity (Wildman–Crippen MR) is 73.6 cm³/mol. The molecule has 3 unspecified atom stereocenters. The first-order valence-corrected chi connectivity index (χ1v) is 7.26. The minimum atomic E-state index is -0.998. The van der Waals surface area contributed by atoms with Gasteiger partial charge >= 0.3 is 0 Å². The van der Waals surface area contributed by atoms with Crippen LogP contribution in [-0.4, -0.2) is 35.9 Å². The molecule has 0 saturated carbocycles. The number of rotatable bonds is 2. The number of carbonyl (C=O) groups excluding carboxylic acids is 2. The van der Waals surface area contributed by atoms with Gasteiger partial charge in [-0.25, -0.2) is 0 Å². The molecule has 0 radical (unpaired) electrons. The smallest absolute Gasteiger partial charge is 0.226 e. The third-order valence-electron chi connectivity index (χ3n) is 4.38. The van der Waals surface area contributed by atoms with Gasteiger partial charge < -0.3 is 19.0 Å². The van der Waals surface area contributed by atoms with Crippen LogP contribution >= 0.6 is 0 Å². The number of hydrogen-bond acceptors (Lipinski definition) is 6. The molecule has 0 spiro atoms. The average molecular weight is 309 g/mol. The molecule has 3 atom stereocenters. The normalized spacial score (nSPS) is 30.4. The van der Waals surface area contributed by atoms with Crippen LogP contribution < -0.4 is 5.32 Å². The topological polar surface area (TPSA) is 98.0 Å². The maximum atomic E-state index is 11.5. The van der Waals surface area contributed by atoms with E-state index in [-0.39, 0.29) is 37.4 Å². The maximum absolute atomic E-state index is 11.5. The standard InChI is InChI=1S/C15H19NO6/c1-7-5-20-13(8(7)2)15-12(19)14(21-6-22-15)9-3-10(17)16-11(18)4-9/h5,9,12,14-15,19H,3-4,6H2,1-2H3,(H,16,17,18). The van der Waals surface area contributed by atoms with E-state index in [9.17, 15) is 14.7 Å². The van der Waals surface area contributed by atoms with Gasteiger partial charge in [-0.2, -0.15) is 0 Å². The van der Waals surface area contributed by atoms with Crippen molar-refractivity contribution in [1.82, 2.24) is 5.32 Å². The van der Waals surface area contributed by atoms with E-state index in [0.717, 1.165) is 11.1 Å². The summed E-state index contributed by atoms with van der Waals surface area (Å²) in [6, 6.07) is 0. The van der Waals surface area contributed by atoms with Crippen LogP contribution in [0.3, 0.4) is 0 Å². The van der Waals surface area contributed by atoms with Gasteiger partial charge in [0, 0.05) is 18.8 Å². The summed E-state index contributed by atoms with van der Waals surface area (Å²) < 4.78 is 16.5. The average Bonchev–Trinajstić information content (AvgIpc) is 2.78. The summed E-state index contributed by atoms with van der Waals surface area (Å²) in [7, 11) is 0. The lowest BCUT2D eigenvalue weighted by molar-refractivity contribution is -0.250.